The molecule has 1 fully saturated rings. The zero-order valence-corrected chi connectivity index (χ0v) is 26.4. The number of piperidine rings is 1. The number of anilines is 5. The molecule has 1 aliphatic heterocycles. The Kier molecular flexibility index (Phi) is 8.27. The van der Waals surface area contributed by atoms with Gasteiger partial charge >= 0.3 is 0 Å². The Hall–Kier alpha value is -4.63. The highest BCUT2D eigenvalue weighted by Crippen LogP contribution is 2.33. The van der Waals surface area contributed by atoms with Crippen molar-refractivity contribution in [1.29, 1.82) is 0 Å². The average Bonchev–Trinajstić information content (AvgIpc) is 2.96. The van der Waals surface area contributed by atoms with E-state index in [1.165, 1.54) is 4.57 Å². The number of hydrogen-bond acceptors (Lipinski definition) is 7. The summed E-state index contributed by atoms with van der Waals surface area (Å²) in [6, 6.07) is 16.9. The van der Waals surface area contributed by atoms with Gasteiger partial charge in [-0.3, -0.25) is 9.59 Å². The number of carbonyl (C=O) groups excluding carboxylic acids is 1. The number of carbonyl (C=O) groups is 1. The van der Waals surface area contributed by atoms with Crippen LogP contribution in [0.4, 0.5) is 28.6 Å². The average molecular weight is 595 g/mol. The highest BCUT2D eigenvalue weighted by molar-refractivity contribution is 6.05. The van der Waals surface area contributed by atoms with Crippen LogP contribution in [0.25, 0.3) is 11.1 Å². The summed E-state index contributed by atoms with van der Waals surface area (Å²) in [4.78, 5) is 32.9. The predicted octanol–water partition coefficient (Wildman–Crippen LogP) is 5.98. The van der Waals surface area contributed by atoms with Gasteiger partial charge in [-0.2, -0.15) is 0 Å². The molecule has 5 rings (SSSR count). The van der Waals surface area contributed by atoms with Gasteiger partial charge < -0.3 is 30.9 Å². The molecule has 9 nitrogen and oxygen atoms in total. The van der Waals surface area contributed by atoms with E-state index in [-0.39, 0.29) is 16.9 Å². The lowest BCUT2D eigenvalue weighted by molar-refractivity contribution is 0.0351. The number of aryl methyl sites for hydroxylation is 1. The molecule has 0 saturated carbocycles. The summed E-state index contributed by atoms with van der Waals surface area (Å²) in [5, 5.41) is 16.5. The maximum Gasteiger partial charge on any atom is 0.274 e. The van der Waals surface area contributed by atoms with Crippen LogP contribution in [0.5, 0.6) is 0 Å². The van der Waals surface area contributed by atoms with E-state index in [0.717, 1.165) is 27.9 Å². The number of aliphatic hydroxyl groups is 1. The van der Waals surface area contributed by atoms with Crippen molar-refractivity contribution in [2.75, 3.05) is 34.4 Å². The molecule has 2 aromatic heterocycles. The Balaban J connectivity index is 1.37. The first-order valence-corrected chi connectivity index (χ1v) is 14.9. The zero-order valence-electron chi connectivity index (χ0n) is 26.4. The zero-order chi connectivity index (χ0) is 31.8. The third-order valence-electron chi connectivity index (χ3n) is 8.45. The fourth-order valence-electron chi connectivity index (χ4n) is 5.51. The lowest BCUT2D eigenvalue weighted by Crippen LogP contribution is -2.42. The smallest absolute Gasteiger partial charge is 0.274 e. The molecular formula is C35H42N6O3. The number of benzene rings is 2. The second-order valence-corrected chi connectivity index (χ2v) is 13.1. The molecule has 1 aliphatic rings. The topological polar surface area (TPSA) is 126 Å². The summed E-state index contributed by atoms with van der Waals surface area (Å²) < 4.78 is 1.52. The number of aromatic nitrogens is 2. The van der Waals surface area contributed by atoms with Crippen molar-refractivity contribution in [1.82, 2.24) is 9.55 Å². The van der Waals surface area contributed by atoms with Crippen LogP contribution in [0.15, 0.2) is 71.8 Å². The summed E-state index contributed by atoms with van der Waals surface area (Å²) >= 11 is 0. The minimum Gasteiger partial charge on any atom is -0.397 e. The van der Waals surface area contributed by atoms with Crippen LogP contribution >= 0.6 is 0 Å². The predicted molar refractivity (Wildman–Crippen MR) is 179 cm³/mol. The second-order valence-electron chi connectivity index (χ2n) is 13.1. The maximum absolute atomic E-state index is 13.1. The Morgan fingerprint density at radius 2 is 1.73 bits per heavy atom. The Labute approximate surface area is 258 Å². The number of hydrogen-bond donors (Lipinski definition) is 4. The molecule has 1 amide bonds. The summed E-state index contributed by atoms with van der Waals surface area (Å²) in [6.07, 6.45) is 4.80. The minimum atomic E-state index is -0.660. The van der Waals surface area contributed by atoms with Crippen molar-refractivity contribution in [3.05, 3.63) is 94.0 Å². The highest BCUT2D eigenvalue weighted by atomic mass is 16.3. The molecule has 2 aromatic carbocycles. The van der Waals surface area contributed by atoms with Gasteiger partial charge in [0.15, 0.2) is 0 Å². The molecule has 3 heterocycles. The largest absolute Gasteiger partial charge is 0.397 e. The van der Waals surface area contributed by atoms with Crippen LogP contribution in [0, 0.1) is 6.92 Å². The molecule has 9 heteroatoms. The van der Waals surface area contributed by atoms with E-state index >= 15 is 0 Å². The van der Waals surface area contributed by atoms with E-state index in [4.69, 9.17) is 5.73 Å². The van der Waals surface area contributed by atoms with Crippen LogP contribution in [-0.2, 0) is 12.5 Å². The van der Waals surface area contributed by atoms with E-state index in [2.05, 4.69) is 41.3 Å². The number of pyridine rings is 2. The molecule has 0 aliphatic carbocycles. The summed E-state index contributed by atoms with van der Waals surface area (Å²) in [5.74, 6) is 0.273. The van der Waals surface area contributed by atoms with Gasteiger partial charge in [0.25, 0.3) is 11.5 Å². The summed E-state index contributed by atoms with van der Waals surface area (Å²) in [7, 11) is 1.70. The molecule has 5 N–H and O–H groups in total. The van der Waals surface area contributed by atoms with Crippen LogP contribution in [-0.4, -0.2) is 39.3 Å². The van der Waals surface area contributed by atoms with Crippen molar-refractivity contribution in [2.24, 2.45) is 7.05 Å². The van der Waals surface area contributed by atoms with Crippen LogP contribution in [0.1, 0.15) is 62.0 Å². The normalized spacial score (nSPS) is 14.8. The van der Waals surface area contributed by atoms with Crippen molar-refractivity contribution in [3.8, 4) is 11.1 Å². The van der Waals surface area contributed by atoms with Gasteiger partial charge in [-0.15, -0.1) is 0 Å². The molecule has 0 atom stereocenters. The number of nitrogen functional groups attached to an aromatic ring is 1. The monoisotopic (exact) mass is 594 g/mol. The van der Waals surface area contributed by atoms with Crippen molar-refractivity contribution >= 4 is 34.5 Å². The Morgan fingerprint density at radius 1 is 1.05 bits per heavy atom. The first kappa shape index (κ1) is 30.8. The standard InChI is InChI=1S/C35H42N6O3/c1-22-26(8-7-9-28(22)39-32(42)23-10-12-25(13-11-23)34(2,3)4)24-18-29(33(43)40(6)21-24)38-31-19-27(36)30(20-37-31)41-16-14-35(5,44)15-17-41/h7-13,18-21,44H,14-17H2,1-6H3,(H,39,42)(H3,36,37,38). The number of nitrogens with one attached hydrogen (secondary N) is 2. The maximum atomic E-state index is 13.1. The van der Waals surface area contributed by atoms with Gasteiger partial charge in [0.1, 0.15) is 11.5 Å². The van der Waals surface area contributed by atoms with E-state index in [1.54, 1.807) is 31.6 Å². The first-order chi connectivity index (χ1) is 20.7. The second kappa shape index (κ2) is 11.8. The molecule has 0 spiro atoms. The lowest BCUT2D eigenvalue weighted by atomic mass is 9.86. The van der Waals surface area contributed by atoms with Crippen LogP contribution < -0.4 is 26.8 Å². The van der Waals surface area contributed by atoms with Crippen molar-refractivity contribution in [2.45, 2.75) is 58.5 Å². The number of nitrogens with two attached hydrogens (primary N) is 1. The quantitative estimate of drug-likeness (QED) is 0.216. The number of rotatable bonds is 6. The van der Waals surface area contributed by atoms with Gasteiger partial charge in [-0.25, -0.2) is 4.98 Å². The molecule has 44 heavy (non-hydrogen) atoms. The van der Waals surface area contributed by atoms with Crippen LogP contribution in [0.3, 0.4) is 0 Å². The van der Waals surface area contributed by atoms with Gasteiger partial charge in [0.05, 0.1) is 23.2 Å². The fraction of sp³-hybridized carbons (Fsp3) is 0.343. The number of amides is 1. The van der Waals surface area contributed by atoms with E-state index in [1.807, 2.05) is 56.3 Å². The Bertz CT molecular complexity index is 1740. The SMILES string of the molecule is Cc1c(NC(=O)c2ccc(C(C)(C)C)cc2)cccc1-c1cc(Nc2cc(N)c(N3CCC(C)(O)CC3)cn2)c(=O)n(C)c1. The summed E-state index contributed by atoms with van der Waals surface area (Å²) in [5.41, 5.74) is 12.3. The molecule has 0 radical (unpaired) electrons. The van der Waals surface area contributed by atoms with Crippen molar-refractivity contribution in [3.63, 3.8) is 0 Å². The lowest BCUT2D eigenvalue weighted by Gasteiger charge is -2.37. The molecular weight excluding hydrogens is 552 g/mol. The van der Waals surface area contributed by atoms with E-state index < -0.39 is 5.60 Å². The molecule has 230 valence electrons. The van der Waals surface area contributed by atoms with Gasteiger partial charge in [0, 0.05) is 49.2 Å². The van der Waals surface area contributed by atoms with Gasteiger partial charge in [-0.05, 0) is 73.1 Å². The van der Waals surface area contributed by atoms with E-state index in [0.29, 0.717) is 54.4 Å². The molecule has 0 bridgehead atoms. The third kappa shape index (κ3) is 6.63. The number of nitrogens with zero attached hydrogens (tertiary/aromatic N) is 3. The fourth-order valence-corrected chi connectivity index (χ4v) is 5.51. The molecule has 0 unspecified atom stereocenters. The van der Waals surface area contributed by atoms with Gasteiger partial charge in [0.2, 0.25) is 0 Å². The van der Waals surface area contributed by atoms with E-state index in [9.17, 15) is 14.7 Å². The van der Waals surface area contributed by atoms with Gasteiger partial charge in [-0.1, -0.05) is 45.0 Å². The first-order valence-electron chi connectivity index (χ1n) is 14.9. The van der Waals surface area contributed by atoms with Crippen LogP contribution in [0.2, 0.25) is 0 Å². The minimum absolute atomic E-state index is 0.00660. The molecule has 4 aromatic rings. The summed E-state index contributed by atoms with van der Waals surface area (Å²) in [6.45, 7) is 11.6. The Morgan fingerprint density at radius 3 is 2.36 bits per heavy atom. The molecule has 1 saturated heterocycles. The third-order valence-corrected chi connectivity index (χ3v) is 8.45. The highest BCUT2D eigenvalue weighted by Gasteiger charge is 2.28. The van der Waals surface area contributed by atoms with Crippen molar-refractivity contribution < 1.29 is 9.90 Å².